The third kappa shape index (κ3) is 3.26. The van der Waals surface area contributed by atoms with Gasteiger partial charge < -0.3 is 9.64 Å². The number of hydrogen-bond acceptors (Lipinski definition) is 5. The van der Waals surface area contributed by atoms with Crippen LogP contribution in [0, 0.1) is 0 Å². The topological polar surface area (TPSA) is 71.5 Å². The summed E-state index contributed by atoms with van der Waals surface area (Å²) >= 11 is 7.28. The maximum absolute atomic E-state index is 12.0. The van der Waals surface area contributed by atoms with Crippen LogP contribution in [0.25, 0.3) is 0 Å². The number of amides is 2. The maximum atomic E-state index is 12.0. The third-order valence-corrected chi connectivity index (χ3v) is 5.02. The maximum Gasteiger partial charge on any atom is 0.255 e. The number of hydrogen-bond donors (Lipinski definition) is 1. The van der Waals surface area contributed by atoms with Crippen LogP contribution in [0.2, 0.25) is 0 Å². The fraction of sp³-hybridized carbons (Fsp3) is 0.643. The molecule has 0 aliphatic carbocycles. The van der Waals surface area contributed by atoms with Gasteiger partial charge >= 0.3 is 0 Å². The highest BCUT2D eigenvalue weighted by atomic mass is 35.5. The van der Waals surface area contributed by atoms with Crippen LogP contribution in [0.15, 0.2) is 0 Å². The average molecular weight is 344 g/mol. The van der Waals surface area contributed by atoms with E-state index in [0.29, 0.717) is 31.2 Å². The van der Waals surface area contributed by atoms with E-state index in [1.165, 1.54) is 11.3 Å². The van der Waals surface area contributed by atoms with E-state index in [4.69, 9.17) is 16.3 Å². The van der Waals surface area contributed by atoms with Crippen LogP contribution in [0.1, 0.15) is 30.3 Å². The van der Waals surface area contributed by atoms with Gasteiger partial charge in [0.15, 0.2) is 5.13 Å². The smallest absolute Gasteiger partial charge is 0.255 e. The van der Waals surface area contributed by atoms with E-state index >= 15 is 0 Å². The summed E-state index contributed by atoms with van der Waals surface area (Å²) in [5, 5.41) is 2.88. The van der Waals surface area contributed by atoms with Gasteiger partial charge in [0.05, 0.1) is 12.2 Å². The first-order valence-corrected chi connectivity index (χ1v) is 8.64. The zero-order valence-electron chi connectivity index (χ0n) is 12.3. The van der Waals surface area contributed by atoms with Crippen LogP contribution in [-0.2, 0) is 27.3 Å². The van der Waals surface area contributed by atoms with Crippen LogP contribution in [0.4, 0.5) is 5.13 Å². The Balaban J connectivity index is 1.65. The summed E-state index contributed by atoms with van der Waals surface area (Å²) < 4.78 is 5.36. The van der Waals surface area contributed by atoms with E-state index in [-0.39, 0.29) is 17.9 Å². The van der Waals surface area contributed by atoms with Crippen molar-refractivity contribution in [3.05, 3.63) is 10.6 Å². The molecule has 2 aliphatic heterocycles. The molecule has 1 aromatic heterocycles. The number of rotatable bonds is 3. The number of ether oxygens (including phenoxy) is 1. The van der Waals surface area contributed by atoms with Crippen molar-refractivity contribution < 1.29 is 14.3 Å². The lowest BCUT2D eigenvalue weighted by atomic mass is 10.1. The number of halogens is 1. The van der Waals surface area contributed by atoms with Crippen LogP contribution in [0.3, 0.4) is 0 Å². The molecular weight excluding hydrogens is 326 g/mol. The lowest BCUT2D eigenvalue weighted by Crippen LogP contribution is -2.39. The molecule has 1 saturated heterocycles. The Morgan fingerprint density at radius 3 is 3.05 bits per heavy atom. The number of nitrogens with zero attached hydrogens (tertiary/aromatic N) is 2. The van der Waals surface area contributed by atoms with E-state index in [1.54, 1.807) is 11.8 Å². The molecule has 0 saturated carbocycles. The van der Waals surface area contributed by atoms with Crippen LogP contribution >= 0.6 is 22.9 Å². The van der Waals surface area contributed by atoms with E-state index in [0.717, 1.165) is 23.4 Å². The van der Waals surface area contributed by atoms with Gasteiger partial charge in [0.1, 0.15) is 11.5 Å². The minimum absolute atomic E-state index is 0.0642. The Bertz CT molecular complexity index is 584. The predicted molar refractivity (Wildman–Crippen MR) is 84.2 cm³/mol. The van der Waals surface area contributed by atoms with Crippen molar-refractivity contribution in [2.45, 2.75) is 44.2 Å². The normalized spacial score (nSPS) is 22.3. The van der Waals surface area contributed by atoms with E-state index in [1.807, 2.05) is 0 Å². The molecule has 6 nitrogen and oxygen atoms in total. The van der Waals surface area contributed by atoms with Crippen LogP contribution in [-0.4, -0.2) is 46.3 Å². The van der Waals surface area contributed by atoms with Gasteiger partial charge in [0.2, 0.25) is 5.91 Å². The number of aromatic nitrogens is 1. The van der Waals surface area contributed by atoms with Gasteiger partial charge in [-0.25, -0.2) is 4.98 Å². The molecule has 120 valence electrons. The van der Waals surface area contributed by atoms with Crippen molar-refractivity contribution in [1.29, 1.82) is 0 Å². The summed E-state index contributed by atoms with van der Waals surface area (Å²) in [6.07, 6.45) is 2.00. The molecule has 0 bridgehead atoms. The van der Waals surface area contributed by atoms with Gasteiger partial charge in [0, 0.05) is 24.4 Å². The largest absolute Gasteiger partial charge is 0.368 e. The van der Waals surface area contributed by atoms with Gasteiger partial charge in [-0.05, 0) is 19.8 Å². The highest BCUT2D eigenvalue weighted by Crippen LogP contribution is 2.29. The molecule has 3 heterocycles. The number of carbonyl (C=O) groups is 2. The van der Waals surface area contributed by atoms with E-state index in [9.17, 15) is 9.59 Å². The van der Waals surface area contributed by atoms with Crippen molar-refractivity contribution in [2.75, 3.05) is 18.5 Å². The molecule has 1 N–H and O–H groups in total. The summed E-state index contributed by atoms with van der Waals surface area (Å²) in [6.45, 7) is 3.45. The molecule has 2 unspecified atom stereocenters. The Kier molecular flexibility index (Phi) is 4.65. The van der Waals surface area contributed by atoms with Crippen LogP contribution in [0.5, 0.6) is 0 Å². The number of fused-ring (bicyclic) bond motifs is 1. The molecule has 0 aromatic carbocycles. The Labute approximate surface area is 137 Å². The number of alkyl halides is 1. The Morgan fingerprint density at radius 2 is 2.36 bits per heavy atom. The minimum atomic E-state index is -0.520. The zero-order valence-corrected chi connectivity index (χ0v) is 13.9. The van der Waals surface area contributed by atoms with E-state index < -0.39 is 5.38 Å². The van der Waals surface area contributed by atoms with Crippen LogP contribution < -0.4 is 5.32 Å². The predicted octanol–water partition coefficient (Wildman–Crippen LogP) is 1.77. The van der Waals surface area contributed by atoms with Gasteiger partial charge in [0.25, 0.3) is 5.91 Å². The fourth-order valence-electron chi connectivity index (χ4n) is 2.66. The number of nitrogens with one attached hydrogen (secondary N) is 1. The van der Waals surface area contributed by atoms with Gasteiger partial charge in [-0.1, -0.05) is 11.3 Å². The summed E-state index contributed by atoms with van der Waals surface area (Å²) in [5.74, 6) is -0.198. The second-order valence-electron chi connectivity index (χ2n) is 5.51. The molecule has 22 heavy (non-hydrogen) atoms. The molecule has 1 fully saturated rings. The summed E-state index contributed by atoms with van der Waals surface area (Å²) in [7, 11) is 0. The zero-order chi connectivity index (χ0) is 15.7. The van der Waals surface area contributed by atoms with Gasteiger partial charge in [-0.2, -0.15) is 0 Å². The van der Waals surface area contributed by atoms with Crippen molar-refractivity contribution in [3.63, 3.8) is 0 Å². The number of anilines is 1. The van der Waals surface area contributed by atoms with Gasteiger partial charge in [-0.15, -0.1) is 11.6 Å². The molecule has 1 aromatic rings. The highest BCUT2D eigenvalue weighted by Gasteiger charge is 2.28. The Hall–Kier alpha value is -1.18. The van der Waals surface area contributed by atoms with Crippen molar-refractivity contribution in [1.82, 2.24) is 9.88 Å². The quantitative estimate of drug-likeness (QED) is 0.849. The standard InChI is InChI=1S/C14H18ClN3O3S/c1-8(15)13(20)18-5-4-9-11(7-18)22-14(16-9)17-12(19)10-3-2-6-21-10/h8,10H,2-7H2,1H3,(H,16,17,19). The molecule has 0 spiro atoms. The molecule has 2 aliphatic rings. The van der Waals surface area contributed by atoms with E-state index in [2.05, 4.69) is 10.3 Å². The lowest BCUT2D eigenvalue weighted by Gasteiger charge is -2.26. The van der Waals surface area contributed by atoms with Gasteiger partial charge in [-0.3, -0.25) is 14.9 Å². The first-order chi connectivity index (χ1) is 10.5. The lowest BCUT2D eigenvalue weighted by molar-refractivity contribution is -0.131. The first-order valence-electron chi connectivity index (χ1n) is 7.38. The molecule has 3 rings (SSSR count). The first kappa shape index (κ1) is 15.7. The molecular formula is C14H18ClN3O3S. The van der Waals surface area contributed by atoms with Crippen molar-refractivity contribution in [2.24, 2.45) is 0 Å². The summed E-state index contributed by atoms with van der Waals surface area (Å²) in [4.78, 5) is 31.2. The molecule has 8 heteroatoms. The van der Waals surface area contributed by atoms with Crippen molar-refractivity contribution >= 4 is 39.9 Å². The minimum Gasteiger partial charge on any atom is -0.368 e. The highest BCUT2D eigenvalue weighted by molar-refractivity contribution is 7.15. The third-order valence-electron chi connectivity index (χ3n) is 3.84. The summed E-state index contributed by atoms with van der Waals surface area (Å²) in [5.41, 5.74) is 0.957. The molecule has 2 atom stereocenters. The molecule has 0 radical (unpaired) electrons. The Morgan fingerprint density at radius 1 is 1.55 bits per heavy atom. The molecule has 2 amide bonds. The fourth-order valence-corrected chi connectivity index (χ4v) is 3.82. The second-order valence-corrected chi connectivity index (χ2v) is 7.24. The number of carbonyl (C=O) groups excluding carboxylic acids is 2. The van der Waals surface area contributed by atoms with Crippen molar-refractivity contribution in [3.8, 4) is 0 Å². The average Bonchev–Trinajstić information content (AvgIpc) is 3.14. The monoisotopic (exact) mass is 343 g/mol. The SMILES string of the molecule is CC(Cl)C(=O)N1CCc2nc(NC(=O)C3CCCO3)sc2C1. The summed E-state index contributed by atoms with van der Waals surface area (Å²) in [6, 6.07) is 0. The second kappa shape index (κ2) is 6.52. The number of thiazole rings is 1.